The Labute approximate surface area is 109 Å². The van der Waals surface area contributed by atoms with Gasteiger partial charge in [-0.2, -0.15) is 0 Å². The summed E-state index contributed by atoms with van der Waals surface area (Å²) in [6.07, 6.45) is 2.45. The first kappa shape index (κ1) is 13.5. The molecule has 0 saturated carbocycles. The van der Waals surface area contributed by atoms with E-state index >= 15 is 0 Å². The van der Waals surface area contributed by atoms with Gasteiger partial charge in [-0.05, 0) is 50.3 Å². The van der Waals surface area contributed by atoms with E-state index in [9.17, 15) is 4.39 Å². The van der Waals surface area contributed by atoms with Gasteiger partial charge in [0.15, 0.2) is 0 Å². The monoisotopic (exact) mass is 251 g/mol. The number of aryl methyl sites for hydroxylation is 2. The number of halogens is 1. The van der Waals surface area contributed by atoms with Crippen molar-refractivity contribution in [2.24, 2.45) is 0 Å². The quantitative estimate of drug-likeness (QED) is 0.891. The lowest BCUT2D eigenvalue weighted by atomic mass is 10.0. The highest BCUT2D eigenvalue weighted by Gasteiger charge is 2.18. The Balaban J connectivity index is 1.94. The summed E-state index contributed by atoms with van der Waals surface area (Å²) < 4.78 is 19.0. The van der Waals surface area contributed by atoms with E-state index in [1.54, 1.807) is 0 Å². The molecule has 18 heavy (non-hydrogen) atoms. The molecule has 100 valence electrons. The SMILES string of the molecule is Cc1cc(CNC2CCOC(C)C2)cc(C)c1F. The lowest BCUT2D eigenvalue weighted by Crippen LogP contribution is -2.37. The minimum atomic E-state index is -0.0848. The van der Waals surface area contributed by atoms with E-state index in [0.717, 1.165) is 42.7 Å². The molecular formula is C15H22FNO. The maximum absolute atomic E-state index is 13.5. The number of benzene rings is 1. The van der Waals surface area contributed by atoms with Crippen molar-refractivity contribution in [2.45, 2.75) is 52.3 Å². The third kappa shape index (κ3) is 3.30. The molecular weight excluding hydrogens is 229 g/mol. The Bertz CT molecular complexity index is 396. The largest absolute Gasteiger partial charge is 0.378 e. The van der Waals surface area contributed by atoms with Crippen LogP contribution >= 0.6 is 0 Å². The fourth-order valence-electron chi connectivity index (χ4n) is 2.58. The standard InChI is InChI=1S/C15H22FNO/c1-10-6-13(7-11(2)15(10)16)9-17-14-4-5-18-12(3)8-14/h6-7,12,14,17H,4-5,8-9H2,1-3H3. The molecule has 0 radical (unpaired) electrons. The van der Waals surface area contributed by atoms with E-state index in [1.165, 1.54) is 0 Å². The maximum atomic E-state index is 13.5. The summed E-state index contributed by atoms with van der Waals surface area (Å²) in [6.45, 7) is 7.39. The highest BCUT2D eigenvalue weighted by molar-refractivity contribution is 5.30. The molecule has 1 aliphatic rings. The van der Waals surface area contributed by atoms with Crippen LogP contribution in [0.1, 0.15) is 36.5 Å². The zero-order chi connectivity index (χ0) is 13.1. The van der Waals surface area contributed by atoms with E-state index in [-0.39, 0.29) is 5.82 Å². The molecule has 1 aromatic rings. The molecule has 2 atom stereocenters. The predicted molar refractivity (Wildman–Crippen MR) is 71.1 cm³/mol. The highest BCUT2D eigenvalue weighted by Crippen LogP contribution is 2.17. The van der Waals surface area contributed by atoms with Crippen molar-refractivity contribution in [1.29, 1.82) is 0 Å². The van der Waals surface area contributed by atoms with Crippen LogP contribution in [0.5, 0.6) is 0 Å². The molecule has 2 unspecified atom stereocenters. The lowest BCUT2D eigenvalue weighted by molar-refractivity contribution is 0.0130. The third-order valence-electron chi connectivity index (χ3n) is 3.58. The maximum Gasteiger partial charge on any atom is 0.129 e. The lowest BCUT2D eigenvalue weighted by Gasteiger charge is -2.28. The average Bonchev–Trinajstić information content (AvgIpc) is 2.33. The number of ether oxygens (including phenoxy) is 1. The fourth-order valence-corrected chi connectivity index (χ4v) is 2.58. The van der Waals surface area contributed by atoms with Gasteiger partial charge in [0.05, 0.1) is 6.10 Å². The summed E-state index contributed by atoms with van der Waals surface area (Å²) >= 11 is 0. The highest BCUT2D eigenvalue weighted by atomic mass is 19.1. The van der Waals surface area contributed by atoms with Crippen molar-refractivity contribution < 1.29 is 9.13 Å². The molecule has 1 saturated heterocycles. The predicted octanol–water partition coefficient (Wildman–Crippen LogP) is 3.10. The minimum Gasteiger partial charge on any atom is -0.378 e. The van der Waals surface area contributed by atoms with Crippen molar-refractivity contribution in [2.75, 3.05) is 6.61 Å². The molecule has 2 nitrogen and oxygen atoms in total. The van der Waals surface area contributed by atoms with Crippen LogP contribution in [0.4, 0.5) is 4.39 Å². The van der Waals surface area contributed by atoms with Crippen molar-refractivity contribution in [1.82, 2.24) is 5.32 Å². The molecule has 0 amide bonds. The molecule has 1 aliphatic heterocycles. The van der Waals surface area contributed by atoms with Crippen molar-refractivity contribution in [3.8, 4) is 0 Å². The first-order chi connectivity index (χ1) is 8.56. The molecule has 1 heterocycles. The second-order valence-electron chi connectivity index (χ2n) is 5.33. The van der Waals surface area contributed by atoms with Crippen LogP contribution in [0.15, 0.2) is 12.1 Å². The number of rotatable bonds is 3. The van der Waals surface area contributed by atoms with Crippen LogP contribution in [0, 0.1) is 19.7 Å². The van der Waals surface area contributed by atoms with Gasteiger partial charge in [-0.15, -0.1) is 0 Å². The van der Waals surface area contributed by atoms with Gasteiger partial charge in [0.1, 0.15) is 5.82 Å². The average molecular weight is 251 g/mol. The number of hydrogen-bond acceptors (Lipinski definition) is 2. The van der Waals surface area contributed by atoms with Gasteiger partial charge in [0.25, 0.3) is 0 Å². The smallest absolute Gasteiger partial charge is 0.129 e. The summed E-state index contributed by atoms with van der Waals surface area (Å²) in [7, 11) is 0. The molecule has 0 aromatic heterocycles. The summed E-state index contributed by atoms with van der Waals surface area (Å²) in [5.41, 5.74) is 2.62. The van der Waals surface area contributed by atoms with Crippen LogP contribution < -0.4 is 5.32 Å². The zero-order valence-corrected chi connectivity index (χ0v) is 11.4. The topological polar surface area (TPSA) is 21.3 Å². The van der Waals surface area contributed by atoms with Crippen LogP contribution in [0.3, 0.4) is 0 Å². The number of nitrogens with one attached hydrogen (secondary N) is 1. The van der Waals surface area contributed by atoms with E-state index in [4.69, 9.17) is 4.74 Å². The zero-order valence-electron chi connectivity index (χ0n) is 11.4. The van der Waals surface area contributed by atoms with Gasteiger partial charge in [0.2, 0.25) is 0 Å². The third-order valence-corrected chi connectivity index (χ3v) is 3.58. The van der Waals surface area contributed by atoms with Gasteiger partial charge in [0, 0.05) is 19.2 Å². The Hall–Kier alpha value is -0.930. The van der Waals surface area contributed by atoms with E-state index < -0.39 is 0 Å². The normalized spacial score (nSPS) is 24.2. The van der Waals surface area contributed by atoms with Crippen molar-refractivity contribution >= 4 is 0 Å². The summed E-state index contributed by atoms with van der Waals surface area (Å²) in [6, 6.07) is 4.37. The molecule has 1 fully saturated rings. The molecule has 3 heteroatoms. The molecule has 2 rings (SSSR count). The van der Waals surface area contributed by atoms with Gasteiger partial charge in [-0.1, -0.05) is 12.1 Å². The van der Waals surface area contributed by atoms with Gasteiger partial charge in [-0.3, -0.25) is 0 Å². The van der Waals surface area contributed by atoms with Gasteiger partial charge < -0.3 is 10.1 Å². The second kappa shape index (κ2) is 5.81. The van der Waals surface area contributed by atoms with E-state index in [1.807, 2.05) is 26.0 Å². The molecule has 1 N–H and O–H groups in total. The fraction of sp³-hybridized carbons (Fsp3) is 0.600. The summed E-state index contributed by atoms with van der Waals surface area (Å²) in [4.78, 5) is 0. The molecule has 0 spiro atoms. The Morgan fingerprint density at radius 2 is 2.00 bits per heavy atom. The first-order valence-electron chi connectivity index (χ1n) is 6.67. The van der Waals surface area contributed by atoms with Crippen LogP contribution in [0.25, 0.3) is 0 Å². The molecule has 1 aromatic carbocycles. The minimum absolute atomic E-state index is 0.0848. The molecule has 0 bridgehead atoms. The Kier molecular flexibility index (Phi) is 4.36. The van der Waals surface area contributed by atoms with E-state index in [0.29, 0.717) is 12.1 Å². The second-order valence-corrected chi connectivity index (χ2v) is 5.33. The van der Waals surface area contributed by atoms with Crippen molar-refractivity contribution in [3.05, 3.63) is 34.6 Å². The van der Waals surface area contributed by atoms with Gasteiger partial charge in [-0.25, -0.2) is 4.39 Å². The first-order valence-corrected chi connectivity index (χ1v) is 6.67. The van der Waals surface area contributed by atoms with E-state index in [2.05, 4.69) is 12.2 Å². The number of hydrogen-bond donors (Lipinski definition) is 1. The summed E-state index contributed by atoms with van der Waals surface area (Å²) in [5.74, 6) is -0.0848. The molecule has 0 aliphatic carbocycles. The Morgan fingerprint density at radius 1 is 1.33 bits per heavy atom. The van der Waals surface area contributed by atoms with Crippen LogP contribution in [-0.4, -0.2) is 18.8 Å². The van der Waals surface area contributed by atoms with Crippen molar-refractivity contribution in [3.63, 3.8) is 0 Å². The van der Waals surface area contributed by atoms with Crippen LogP contribution in [0.2, 0.25) is 0 Å². The Morgan fingerprint density at radius 3 is 2.61 bits per heavy atom. The summed E-state index contributed by atoms with van der Waals surface area (Å²) in [5, 5.41) is 3.54. The van der Waals surface area contributed by atoms with Crippen LogP contribution in [-0.2, 0) is 11.3 Å². The van der Waals surface area contributed by atoms with Gasteiger partial charge >= 0.3 is 0 Å².